The van der Waals surface area contributed by atoms with Crippen molar-refractivity contribution in [3.63, 3.8) is 0 Å². The molecule has 1 nitrogen and oxygen atoms in total. The van der Waals surface area contributed by atoms with Crippen molar-refractivity contribution in [1.82, 2.24) is 4.98 Å². The molecule has 0 aliphatic rings. The van der Waals surface area contributed by atoms with E-state index in [1.165, 1.54) is 6.07 Å². The fraction of sp³-hybridized carbons (Fsp3) is 0.375. The van der Waals surface area contributed by atoms with Gasteiger partial charge in [0.25, 0.3) is 5.92 Å². The molecule has 0 bridgehead atoms. The zero-order valence-corrected chi connectivity index (χ0v) is 8.72. The fourth-order valence-corrected chi connectivity index (χ4v) is 1.64. The number of aryl methyl sites for hydroxylation is 1. The van der Waals surface area contributed by atoms with Gasteiger partial charge in [0.05, 0.1) is 5.69 Å². The van der Waals surface area contributed by atoms with E-state index in [-0.39, 0.29) is 5.69 Å². The van der Waals surface area contributed by atoms with E-state index in [9.17, 15) is 8.78 Å². The van der Waals surface area contributed by atoms with Gasteiger partial charge in [0.1, 0.15) is 5.69 Å². The SMILES string of the molecule is Cc1nc(C(C)(F)F)ccc1SCl. The standard InChI is InChI=1S/C8H8ClF2NS/c1-5-6(13-9)3-4-7(12-5)8(2,10)11/h3-4H,1-2H3. The average molecular weight is 224 g/mol. The number of hydrogen-bond acceptors (Lipinski definition) is 2. The lowest BCUT2D eigenvalue weighted by Crippen LogP contribution is -2.10. The normalized spacial score (nSPS) is 11.8. The van der Waals surface area contributed by atoms with Crippen LogP contribution in [-0.2, 0) is 5.92 Å². The fourth-order valence-electron chi connectivity index (χ4n) is 0.874. The van der Waals surface area contributed by atoms with Crippen LogP contribution in [0.2, 0.25) is 0 Å². The van der Waals surface area contributed by atoms with Gasteiger partial charge >= 0.3 is 0 Å². The summed E-state index contributed by atoms with van der Waals surface area (Å²) in [4.78, 5) is 4.46. The second-order valence-electron chi connectivity index (χ2n) is 2.75. The van der Waals surface area contributed by atoms with Gasteiger partial charge in [-0.2, -0.15) is 8.78 Å². The molecule has 72 valence electrons. The maximum absolute atomic E-state index is 12.8. The van der Waals surface area contributed by atoms with Crippen LogP contribution in [0.3, 0.4) is 0 Å². The summed E-state index contributed by atoms with van der Waals surface area (Å²) in [6.45, 7) is 2.47. The molecule has 0 N–H and O–H groups in total. The van der Waals surface area contributed by atoms with Gasteiger partial charge in [-0.3, -0.25) is 4.98 Å². The van der Waals surface area contributed by atoms with Gasteiger partial charge < -0.3 is 0 Å². The van der Waals surface area contributed by atoms with Crippen molar-refractivity contribution in [2.75, 3.05) is 0 Å². The third-order valence-electron chi connectivity index (χ3n) is 1.57. The quantitative estimate of drug-likeness (QED) is 0.758. The number of halogens is 3. The number of pyridine rings is 1. The van der Waals surface area contributed by atoms with Crippen LogP contribution < -0.4 is 0 Å². The maximum atomic E-state index is 12.8. The van der Waals surface area contributed by atoms with E-state index in [2.05, 4.69) is 4.98 Å². The first-order valence-electron chi connectivity index (χ1n) is 3.59. The van der Waals surface area contributed by atoms with Crippen molar-refractivity contribution >= 4 is 21.7 Å². The van der Waals surface area contributed by atoms with Crippen LogP contribution in [0.15, 0.2) is 17.0 Å². The summed E-state index contributed by atoms with van der Waals surface area (Å²) >= 11 is 0. The van der Waals surface area contributed by atoms with Gasteiger partial charge in [-0.25, -0.2) is 0 Å². The Balaban J connectivity index is 3.10. The first-order valence-corrected chi connectivity index (χ1v) is 5.24. The van der Waals surface area contributed by atoms with Gasteiger partial charge in [-0.1, -0.05) is 0 Å². The Morgan fingerprint density at radius 3 is 2.46 bits per heavy atom. The second-order valence-corrected chi connectivity index (χ2v) is 3.80. The Bertz CT molecular complexity index is 312. The molecule has 0 atom stereocenters. The molecule has 0 aliphatic heterocycles. The third-order valence-corrected chi connectivity index (χ3v) is 2.67. The van der Waals surface area contributed by atoms with Crippen LogP contribution >= 0.6 is 21.7 Å². The lowest BCUT2D eigenvalue weighted by atomic mass is 10.2. The molecule has 0 aromatic carbocycles. The van der Waals surface area contributed by atoms with Crippen LogP contribution in [0.4, 0.5) is 8.78 Å². The molecular weight excluding hydrogens is 216 g/mol. The van der Waals surface area contributed by atoms with Gasteiger partial charge in [0.2, 0.25) is 0 Å². The Morgan fingerprint density at radius 1 is 1.46 bits per heavy atom. The van der Waals surface area contributed by atoms with Crippen LogP contribution in [0.1, 0.15) is 18.3 Å². The molecule has 0 saturated heterocycles. The molecule has 0 unspecified atom stereocenters. The van der Waals surface area contributed by atoms with E-state index >= 15 is 0 Å². The first-order chi connectivity index (χ1) is 5.95. The summed E-state index contributed by atoms with van der Waals surface area (Å²) in [6.07, 6.45) is 0. The van der Waals surface area contributed by atoms with Crippen molar-refractivity contribution in [1.29, 1.82) is 0 Å². The maximum Gasteiger partial charge on any atom is 0.286 e. The smallest absolute Gasteiger partial charge is 0.251 e. The van der Waals surface area contributed by atoms with E-state index in [0.29, 0.717) is 10.6 Å². The van der Waals surface area contributed by atoms with Crippen LogP contribution in [0, 0.1) is 6.92 Å². The van der Waals surface area contributed by atoms with E-state index in [4.69, 9.17) is 10.7 Å². The summed E-state index contributed by atoms with van der Waals surface area (Å²) in [5.74, 6) is -2.89. The number of nitrogens with zero attached hydrogens (tertiary/aromatic N) is 1. The van der Waals surface area contributed by atoms with Gasteiger partial charge in [-0.05, 0) is 40.7 Å². The van der Waals surface area contributed by atoms with Gasteiger partial charge in [0.15, 0.2) is 0 Å². The third kappa shape index (κ3) is 2.54. The number of rotatable bonds is 2. The molecular formula is C8H8ClF2NS. The molecule has 1 heterocycles. The van der Waals surface area contributed by atoms with E-state index < -0.39 is 5.92 Å². The molecule has 0 amide bonds. The van der Waals surface area contributed by atoms with Crippen molar-refractivity contribution in [3.8, 4) is 0 Å². The van der Waals surface area contributed by atoms with E-state index in [1.54, 1.807) is 13.0 Å². The van der Waals surface area contributed by atoms with Gasteiger partial charge in [-0.15, -0.1) is 0 Å². The predicted molar refractivity (Wildman–Crippen MR) is 50.3 cm³/mol. The molecule has 1 aromatic rings. The number of aromatic nitrogens is 1. The van der Waals surface area contributed by atoms with E-state index in [0.717, 1.165) is 17.9 Å². The molecule has 0 fully saturated rings. The van der Waals surface area contributed by atoms with Crippen molar-refractivity contribution < 1.29 is 8.78 Å². The Morgan fingerprint density at radius 2 is 2.08 bits per heavy atom. The minimum absolute atomic E-state index is 0.223. The molecule has 0 saturated carbocycles. The first kappa shape index (κ1) is 10.7. The molecule has 0 aliphatic carbocycles. The largest absolute Gasteiger partial charge is 0.286 e. The topological polar surface area (TPSA) is 12.9 Å². The molecule has 5 heteroatoms. The Kier molecular flexibility index (Phi) is 3.14. The average Bonchev–Trinajstić information content (AvgIpc) is 2.02. The minimum atomic E-state index is -2.89. The Labute approximate surface area is 84.0 Å². The predicted octanol–water partition coefficient (Wildman–Crippen LogP) is 3.75. The highest BCUT2D eigenvalue weighted by molar-refractivity contribution is 8.21. The zero-order chi connectivity index (χ0) is 10.1. The summed E-state index contributed by atoms with van der Waals surface area (Å²) < 4.78 is 25.5. The highest BCUT2D eigenvalue weighted by Gasteiger charge is 2.26. The van der Waals surface area contributed by atoms with Gasteiger partial charge in [0, 0.05) is 11.8 Å². The number of hydrogen-bond donors (Lipinski definition) is 0. The van der Waals surface area contributed by atoms with Crippen LogP contribution in [0.5, 0.6) is 0 Å². The molecule has 1 aromatic heterocycles. The highest BCUT2D eigenvalue weighted by atomic mass is 35.7. The van der Waals surface area contributed by atoms with Crippen molar-refractivity contribution in [3.05, 3.63) is 23.5 Å². The van der Waals surface area contributed by atoms with Crippen molar-refractivity contribution in [2.45, 2.75) is 24.7 Å². The molecule has 0 spiro atoms. The Hall–Kier alpha value is -0.350. The van der Waals surface area contributed by atoms with Crippen LogP contribution in [0.25, 0.3) is 0 Å². The lowest BCUT2D eigenvalue weighted by Gasteiger charge is -2.10. The summed E-state index contributed by atoms with van der Waals surface area (Å²) in [6, 6.07) is 2.84. The number of alkyl halides is 2. The highest BCUT2D eigenvalue weighted by Crippen LogP contribution is 2.29. The molecule has 13 heavy (non-hydrogen) atoms. The molecule has 1 rings (SSSR count). The minimum Gasteiger partial charge on any atom is -0.251 e. The molecule has 0 radical (unpaired) electrons. The summed E-state index contributed by atoms with van der Waals surface area (Å²) in [5.41, 5.74) is 0.304. The monoisotopic (exact) mass is 223 g/mol. The summed E-state index contributed by atoms with van der Waals surface area (Å²) in [7, 11) is 6.47. The second kappa shape index (κ2) is 3.80. The summed E-state index contributed by atoms with van der Waals surface area (Å²) in [5, 5.41) is 0. The van der Waals surface area contributed by atoms with Crippen molar-refractivity contribution in [2.24, 2.45) is 0 Å². The lowest BCUT2D eigenvalue weighted by molar-refractivity contribution is 0.0125. The zero-order valence-electron chi connectivity index (χ0n) is 7.14. The van der Waals surface area contributed by atoms with E-state index in [1.807, 2.05) is 0 Å². The van der Waals surface area contributed by atoms with Crippen LogP contribution in [-0.4, -0.2) is 4.98 Å².